The Labute approximate surface area is 187 Å². The summed E-state index contributed by atoms with van der Waals surface area (Å²) in [6.45, 7) is 0.532. The van der Waals surface area contributed by atoms with Crippen LogP contribution in [0, 0.1) is 5.92 Å². The zero-order chi connectivity index (χ0) is 22.5. The number of imidazole rings is 1. The van der Waals surface area contributed by atoms with E-state index in [1.165, 1.54) is 4.31 Å². The Bertz CT molecular complexity index is 1250. The summed E-state index contributed by atoms with van der Waals surface area (Å²) in [5.74, 6) is 1.64. The van der Waals surface area contributed by atoms with Gasteiger partial charge in [-0.3, -0.25) is 4.98 Å². The van der Waals surface area contributed by atoms with E-state index in [2.05, 4.69) is 14.5 Å². The summed E-state index contributed by atoms with van der Waals surface area (Å²) in [5, 5.41) is 6.44. The molecule has 0 amide bonds. The molecule has 3 aromatic rings. The summed E-state index contributed by atoms with van der Waals surface area (Å²) in [7, 11) is -0.391. The van der Waals surface area contributed by atoms with Crippen LogP contribution in [0.15, 0.2) is 24.7 Å². The first-order chi connectivity index (χ1) is 15.4. The van der Waals surface area contributed by atoms with E-state index >= 15 is 0 Å². The summed E-state index contributed by atoms with van der Waals surface area (Å²) in [6, 6.07) is 4.26. The molecule has 0 saturated heterocycles. The monoisotopic (exact) mass is 459 g/mol. The van der Waals surface area contributed by atoms with E-state index in [1.54, 1.807) is 20.4 Å². The molecule has 2 N–H and O–H groups in total. The topological polar surface area (TPSA) is 113 Å². The minimum atomic E-state index is -3.63. The van der Waals surface area contributed by atoms with E-state index in [0.29, 0.717) is 30.0 Å². The first-order valence-corrected chi connectivity index (χ1v) is 12.6. The van der Waals surface area contributed by atoms with Crippen LogP contribution in [0.2, 0.25) is 0 Å². The zero-order valence-corrected chi connectivity index (χ0v) is 19.2. The molecule has 2 aliphatic rings. The number of nitrogens with two attached hydrogens (primary N) is 1. The highest BCUT2D eigenvalue weighted by molar-refractivity contribution is 7.86. The maximum Gasteiger partial charge on any atom is 0.277 e. The van der Waals surface area contributed by atoms with E-state index in [1.807, 2.05) is 18.5 Å². The molecule has 0 unspecified atom stereocenters. The molecular formula is C22H29N5O4S. The molecule has 2 aliphatic carbocycles. The number of nitrogens with zero attached hydrogens (tertiary/aromatic N) is 4. The molecule has 0 bridgehead atoms. The molecule has 0 atom stereocenters. The molecule has 0 spiro atoms. The van der Waals surface area contributed by atoms with Gasteiger partial charge in [0, 0.05) is 30.1 Å². The van der Waals surface area contributed by atoms with Crippen LogP contribution in [0.3, 0.4) is 0 Å². The molecule has 1 aromatic carbocycles. The molecule has 172 valence electrons. The number of pyridine rings is 1. The Balaban J connectivity index is 1.40. The quantitative estimate of drug-likeness (QED) is 0.581. The summed E-state index contributed by atoms with van der Waals surface area (Å²) in [4.78, 5) is 9.15. The van der Waals surface area contributed by atoms with Gasteiger partial charge < -0.3 is 14.0 Å². The molecule has 0 aliphatic heterocycles. The van der Waals surface area contributed by atoms with E-state index in [-0.39, 0.29) is 6.04 Å². The normalized spacial score (nSPS) is 22.0. The molecule has 2 heterocycles. The van der Waals surface area contributed by atoms with Crippen LogP contribution in [0.1, 0.15) is 44.6 Å². The van der Waals surface area contributed by atoms with Crippen LogP contribution in [0.5, 0.6) is 11.5 Å². The van der Waals surface area contributed by atoms with Crippen LogP contribution in [-0.4, -0.2) is 54.1 Å². The van der Waals surface area contributed by atoms with Gasteiger partial charge in [0.1, 0.15) is 5.52 Å². The van der Waals surface area contributed by atoms with Crippen molar-refractivity contribution in [1.82, 2.24) is 18.8 Å². The highest BCUT2D eigenvalue weighted by Crippen LogP contribution is 2.39. The van der Waals surface area contributed by atoms with Crippen molar-refractivity contribution in [3.63, 3.8) is 0 Å². The zero-order valence-electron chi connectivity index (χ0n) is 18.4. The van der Waals surface area contributed by atoms with Crippen molar-refractivity contribution < 1.29 is 17.9 Å². The highest BCUT2D eigenvalue weighted by Gasteiger charge is 2.37. The van der Waals surface area contributed by atoms with Crippen molar-refractivity contribution in [2.24, 2.45) is 11.1 Å². The molecule has 2 fully saturated rings. The molecular weight excluding hydrogens is 430 g/mol. The van der Waals surface area contributed by atoms with Crippen LogP contribution in [0.4, 0.5) is 0 Å². The summed E-state index contributed by atoms with van der Waals surface area (Å²) in [5.41, 5.74) is 2.73. The Morgan fingerprint density at radius 2 is 1.72 bits per heavy atom. The van der Waals surface area contributed by atoms with Gasteiger partial charge in [-0.25, -0.2) is 10.1 Å². The second-order valence-electron chi connectivity index (χ2n) is 8.89. The van der Waals surface area contributed by atoms with Gasteiger partial charge in [-0.15, -0.1) is 0 Å². The van der Waals surface area contributed by atoms with Crippen molar-refractivity contribution >= 4 is 32.1 Å². The number of hydrogen-bond donors (Lipinski definition) is 1. The largest absolute Gasteiger partial charge is 0.493 e. The lowest BCUT2D eigenvalue weighted by molar-refractivity contribution is 0.234. The lowest BCUT2D eigenvalue weighted by Crippen LogP contribution is -2.42. The van der Waals surface area contributed by atoms with Crippen LogP contribution in [0.25, 0.3) is 21.9 Å². The Morgan fingerprint density at radius 3 is 2.34 bits per heavy atom. The first-order valence-electron chi connectivity index (χ1n) is 11.1. The van der Waals surface area contributed by atoms with E-state index in [9.17, 15) is 8.42 Å². The number of hydrogen-bond acceptors (Lipinski definition) is 6. The van der Waals surface area contributed by atoms with Crippen LogP contribution >= 0.6 is 0 Å². The number of methoxy groups -OCH3 is 2. The van der Waals surface area contributed by atoms with Gasteiger partial charge in [-0.2, -0.15) is 12.7 Å². The highest BCUT2D eigenvalue weighted by atomic mass is 32.2. The van der Waals surface area contributed by atoms with Gasteiger partial charge in [0.25, 0.3) is 10.2 Å². The predicted molar refractivity (Wildman–Crippen MR) is 122 cm³/mol. The van der Waals surface area contributed by atoms with Crippen molar-refractivity contribution in [2.45, 2.75) is 50.6 Å². The number of aromatic nitrogens is 3. The lowest BCUT2D eigenvalue weighted by atomic mass is 9.85. The maximum absolute atomic E-state index is 12.0. The SMILES string of the molecule is COc1cc2ncc3ncn(C4CCC(CN(C5CC5)S(N)(=O)=O)CC4)c3c2cc1OC. The fourth-order valence-corrected chi connectivity index (χ4v) is 6.05. The number of fused-ring (bicyclic) bond motifs is 3. The van der Waals surface area contributed by atoms with Crippen LogP contribution in [-0.2, 0) is 10.2 Å². The fourth-order valence-electron chi connectivity index (χ4n) is 5.00. The number of ether oxygens (including phenoxy) is 2. The summed E-state index contributed by atoms with van der Waals surface area (Å²) in [6.07, 6.45) is 9.39. The molecule has 2 aromatic heterocycles. The van der Waals surface area contributed by atoms with Crippen molar-refractivity contribution in [1.29, 1.82) is 0 Å². The fraction of sp³-hybridized carbons (Fsp3) is 0.545. The third-order valence-corrected chi connectivity index (χ3v) is 7.93. The number of rotatable bonds is 7. The van der Waals surface area contributed by atoms with E-state index < -0.39 is 10.2 Å². The summed E-state index contributed by atoms with van der Waals surface area (Å²) >= 11 is 0. The van der Waals surface area contributed by atoms with Gasteiger partial charge >= 0.3 is 0 Å². The first kappa shape index (κ1) is 21.4. The Hall–Kier alpha value is -2.43. The molecule has 10 heteroatoms. The van der Waals surface area contributed by atoms with E-state index in [4.69, 9.17) is 14.6 Å². The van der Waals surface area contributed by atoms with E-state index in [0.717, 1.165) is 60.5 Å². The molecule has 9 nitrogen and oxygen atoms in total. The maximum atomic E-state index is 12.0. The third-order valence-electron chi connectivity index (χ3n) is 6.83. The standard InChI is InChI=1S/C22H29N5O4S/c1-30-20-9-17-18(10-21(20)31-2)24-11-19-22(17)26(13-25-19)15-5-3-14(4-6-15)12-27(16-7-8-16)32(23,28)29/h9-11,13-16H,3-8,12H2,1-2H3,(H2,23,28,29). The van der Waals surface area contributed by atoms with Crippen LogP contribution < -0.4 is 14.6 Å². The smallest absolute Gasteiger partial charge is 0.277 e. The van der Waals surface area contributed by atoms with Gasteiger partial charge in [0.05, 0.1) is 37.8 Å². The van der Waals surface area contributed by atoms with Gasteiger partial charge in [0.2, 0.25) is 0 Å². The van der Waals surface area contributed by atoms with Crippen molar-refractivity contribution in [3.8, 4) is 11.5 Å². The molecule has 5 rings (SSSR count). The Kier molecular flexibility index (Phi) is 5.47. The van der Waals surface area contributed by atoms with Crippen molar-refractivity contribution in [2.75, 3.05) is 20.8 Å². The van der Waals surface area contributed by atoms with Crippen molar-refractivity contribution in [3.05, 3.63) is 24.7 Å². The third kappa shape index (κ3) is 3.91. The number of benzene rings is 1. The molecule has 2 saturated carbocycles. The Morgan fingerprint density at radius 1 is 1.03 bits per heavy atom. The minimum absolute atomic E-state index is 0.103. The van der Waals surface area contributed by atoms with Gasteiger partial charge in [0.15, 0.2) is 11.5 Å². The molecule has 0 radical (unpaired) electrons. The second kappa shape index (κ2) is 8.17. The molecule has 32 heavy (non-hydrogen) atoms. The average molecular weight is 460 g/mol. The minimum Gasteiger partial charge on any atom is -0.493 e. The van der Waals surface area contributed by atoms with Gasteiger partial charge in [-0.1, -0.05) is 0 Å². The average Bonchev–Trinajstić information content (AvgIpc) is 3.53. The second-order valence-corrected chi connectivity index (χ2v) is 10.4. The predicted octanol–water partition coefficient (Wildman–Crippen LogP) is 3.00. The lowest BCUT2D eigenvalue weighted by Gasteiger charge is -2.32. The summed E-state index contributed by atoms with van der Waals surface area (Å²) < 4.78 is 38.7. The van der Waals surface area contributed by atoms with Gasteiger partial charge in [-0.05, 0) is 50.5 Å².